The molecule has 0 aliphatic heterocycles. The van der Waals surface area contributed by atoms with Gasteiger partial charge in [-0.25, -0.2) is 0 Å². The summed E-state index contributed by atoms with van der Waals surface area (Å²) in [6, 6.07) is 26.0. The number of hydrogen-bond donors (Lipinski definition) is 1. The zero-order valence-electron chi connectivity index (χ0n) is 15.3. The van der Waals surface area contributed by atoms with E-state index in [1.54, 1.807) is 0 Å². The van der Waals surface area contributed by atoms with Gasteiger partial charge in [0.05, 0.1) is 6.61 Å². The smallest absolute Gasteiger partial charge is 0.127 e. The van der Waals surface area contributed by atoms with Gasteiger partial charge in [-0.05, 0) is 60.0 Å². The monoisotopic (exact) mass is 347 g/mol. The van der Waals surface area contributed by atoms with Crippen molar-refractivity contribution in [1.82, 2.24) is 0 Å². The summed E-state index contributed by atoms with van der Waals surface area (Å²) in [4.78, 5) is 0. The van der Waals surface area contributed by atoms with Crippen molar-refractivity contribution in [2.45, 2.75) is 20.4 Å². The van der Waals surface area contributed by atoms with E-state index in [4.69, 9.17) is 9.47 Å². The van der Waals surface area contributed by atoms with Crippen LogP contribution in [0.2, 0.25) is 0 Å². The molecule has 0 aliphatic carbocycles. The molecule has 3 aromatic rings. The standard InChI is InChI=1S/C23H25NO2/c1-18(2)17-25-21-12-8-19(9-13-21)16-24-20-10-14-23(15-11-20)26-22-6-4-3-5-7-22/h3-15,18,24H,16-17H2,1-2H3. The Labute approximate surface area is 155 Å². The first-order chi connectivity index (χ1) is 12.7. The van der Waals surface area contributed by atoms with Gasteiger partial charge in [-0.2, -0.15) is 0 Å². The molecule has 0 aliphatic rings. The van der Waals surface area contributed by atoms with Crippen molar-refractivity contribution in [2.24, 2.45) is 5.92 Å². The molecule has 0 amide bonds. The molecule has 0 unspecified atom stereocenters. The summed E-state index contributed by atoms with van der Waals surface area (Å²) in [6.45, 7) is 5.81. The van der Waals surface area contributed by atoms with Crippen LogP contribution >= 0.6 is 0 Å². The Morgan fingerprint density at radius 1 is 0.731 bits per heavy atom. The molecule has 1 N–H and O–H groups in total. The topological polar surface area (TPSA) is 30.5 Å². The summed E-state index contributed by atoms with van der Waals surface area (Å²) in [6.07, 6.45) is 0. The van der Waals surface area contributed by atoms with Crippen molar-refractivity contribution in [3.8, 4) is 17.2 Å². The summed E-state index contributed by atoms with van der Waals surface area (Å²) in [5, 5.41) is 3.43. The average Bonchev–Trinajstić information content (AvgIpc) is 2.67. The second-order valence-corrected chi connectivity index (χ2v) is 6.64. The van der Waals surface area contributed by atoms with E-state index in [1.165, 1.54) is 5.56 Å². The van der Waals surface area contributed by atoms with Crippen LogP contribution in [0.1, 0.15) is 19.4 Å². The molecule has 26 heavy (non-hydrogen) atoms. The van der Waals surface area contributed by atoms with E-state index in [2.05, 4.69) is 31.3 Å². The van der Waals surface area contributed by atoms with Gasteiger partial charge in [0.1, 0.15) is 17.2 Å². The minimum atomic E-state index is 0.533. The van der Waals surface area contributed by atoms with E-state index < -0.39 is 0 Å². The van der Waals surface area contributed by atoms with Crippen LogP contribution in [0.15, 0.2) is 78.9 Å². The first-order valence-corrected chi connectivity index (χ1v) is 8.97. The van der Waals surface area contributed by atoms with E-state index in [0.717, 1.165) is 36.1 Å². The van der Waals surface area contributed by atoms with Crippen LogP contribution in [0.3, 0.4) is 0 Å². The van der Waals surface area contributed by atoms with Crippen LogP contribution in [0.5, 0.6) is 17.2 Å². The molecular weight excluding hydrogens is 322 g/mol. The maximum Gasteiger partial charge on any atom is 0.127 e. The molecule has 0 atom stereocenters. The summed E-state index contributed by atoms with van der Waals surface area (Å²) >= 11 is 0. The number of anilines is 1. The van der Waals surface area contributed by atoms with Crippen LogP contribution in [0.25, 0.3) is 0 Å². The van der Waals surface area contributed by atoms with Gasteiger partial charge in [-0.1, -0.05) is 44.2 Å². The van der Waals surface area contributed by atoms with Gasteiger partial charge >= 0.3 is 0 Å². The first-order valence-electron chi connectivity index (χ1n) is 8.97. The Balaban J connectivity index is 1.50. The molecule has 0 bridgehead atoms. The van der Waals surface area contributed by atoms with E-state index in [-0.39, 0.29) is 0 Å². The Morgan fingerprint density at radius 3 is 2.00 bits per heavy atom. The first kappa shape index (κ1) is 17.9. The minimum Gasteiger partial charge on any atom is -0.493 e. The zero-order valence-corrected chi connectivity index (χ0v) is 15.3. The Morgan fingerprint density at radius 2 is 1.35 bits per heavy atom. The van der Waals surface area contributed by atoms with E-state index in [0.29, 0.717) is 5.92 Å². The van der Waals surface area contributed by atoms with Crippen molar-refractivity contribution in [3.05, 3.63) is 84.4 Å². The maximum absolute atomic E-state index is 5.81. The van der Waals surface area contributed by atoms with Crippen molar-refractivity contribution >= 4 is 5.69 Å². The highest BCUT2D eigenvalue weighted by atomic mass is 16.5. The predicted molar refractivity (Wildman–Crippen MR) is 107 cm³/mol. The van der Waals surface area contributed by atoms with Crippen LogP contribution in [-0.2, 0) is 6.54 Å². The highest BCUT2D eigenvalue weighted by molar-refractivity contribution is 5.47. The van der Waals surface area contributed by atoms with E-state index in [9.17, 15) is 0 Å². The molecule has 0 heterocycles. The van der Waals surface area contributed by atoms with Gasteiger partial charge in [-0.15, -0.1) is 0 Å². The molecule has 134 valence electrons. The summed E-state index contributed by atoms with van der Waals surface area (Å²) in [5.41, 5.74) is 2.28. The molecule has 0 fully saturated rings. The molecule has 0 saturated carbocycles. The molecule has 0 aromatic heterocycles. The second kappa shape index (κ2) is 8.95. The summed E-state index contributed by atoms with van der Waals surface area (Å²) in [5.74, 6) is 3.12. The number of ether oxygens (including phenoxy) is 2. The van der Waals surface area contributed by atoms with Crippen LogP contribution in [0.4, 0.5) is 5.69 Å². The fourth-order valence-electron chi connectivity index (χ4n) is 2.44. The minimum absolute atomic E-state index is 0.533. The zero-order chi connectivity index (χ0) is 18.2. The van der Waals surface area contributed by atoms with Gasteiger partial charge < -0.3 is 14.8 Å². The predicted octanol–water partition coefficient (Wildman–Crippen LogP) is 6.13. The molecule has 3 heteroatoms. The normalized spacial score (nSPS) is 10.6. The van der Waals surface area contributed by atoms with Crippen molar-refractivity contribution in [1.29, 1.82) is 0 Å². The Bertz CT molecular complexity index is 781. The lowest BCUT2D eigenvalue weighted by atomic mass is 10.2. The molecule has 0 saturated heterocycles. The number of rotatable bonds is 8. The van der Waals surface area contributed by atoms with Crippen molar-refractivity contribution in [2.75, 3.05) is 11.9 Å². The van der Waals surface area contributed by atoms with Gasteiger partial charge in [0, 0.05) is 12.2 Å². The molecular formula is C23H25NO2. The largest absolute Gasteiger partial charge is 0.493 e. The highest BCUT2D eigenvalue weighted by Gasteiger charge is 2.00. The van der Waals surface area contributed by atoms with Gasteiger partial charge in [0.2, 0.25) is 0 Å². The van der Waals surface area contributed by atoms with Gasteiger partial charge in [-0.3, -0.25) is 0 Å². The fraction of sp³-hybridized carbons (Fsp3) is 0.217. The summed E-state index contributed by atoms with van der Waals surface area (Å²) < 4.78 is 11.5. The molecule has 3 nitrogen and oxygen atoms in total. The second-order valence-electron chi connectivity index (χ2n) is 6.64. The fourth-order valence-corrected chi connectivity index (χ4v) is 2.44. The van der Waals surface area contributed by atoms with Gasteiger partial charge in [0.15, 0.2) is 0 Å². The Kier molecular flexibility index (Phi) is 6.15. The lowest BCUT2D eigenvalue weighted by molar-refractivity contribution is 0.271. The SMILES string of the molecule is CC(C)COc1ccc(CNc2ccc(Oc3ccccc3)cc2)cc1. The number of para-hydroxylation sites is 1. The highest BCUT2D eigenvalue weighted by Crippen LogP contribution is 2.23. The van der Waals surface area contributed by atoms with Crippen LogP contribution in [0, 0.1) is 5.92 Å². The molecule has 3 rings (SSSR count). The van der Waals surface area contributed by atoms with Crippen LogP contribution in [-0.4, -0.2) is 6.61 Å². The van der Waals surface area contributed by atoms with Gasteiger partial charge in [0.25, 0.3) is 0 Å². The third kappa shape index (κ3) is 5.55. The third-order valence-corrected chi connectivity index (χ3v) is 3.84. The molecule has 3 aromatic carbocycles. The number of nitrogens with one attached hydrogen (secondary N) is 1. The maximum atomic E-state index is 5.81. The van der Waals surface area contributed by atoms with E-state index >= 15 is 0 Å². The van der Waals surface area contributed by atoms with Crippen molar-refractivity contribution < 1.29 is 9.47 Å². The Hall–Kier alpha value is -2.94. The lowest BCUT2D eigenvalue weighted by Gasteiger charge is -2.11. The van der Waals surface area contributed by atoms with Crippen LogP contribution < -0.4 is 14.8 Å². The quantitative estimate of drug-likeness (QED) is 0.532. The lowest BCUT2D eigenvalue weighted by Crippen LogP contribution is -2.04. The third-order valence-electron chi connectivity index (χ3n) is 3.84. The van der Waals surface area contributed by atoms with Crippen molar-refractivity contribution in [3.63, 3.8) is 0 Å². The number of benzene rings is 3. The molecule has 0 spiro atoms. The van der Waals surface area contributed by atoms with E-state index in [1.807, 2.05) is 66.7 Å². The number of hydrogen-bond acceptors (Lipinski definition) is 3. The molecule has 0 radical (unpaired) electrons. The average molecular weight is 347 g/mol. The summed E-state index contributed by atoms with van der Waals surface area (Å²) in [7, 11) is 0.